The van der Waals surface area contributed by atoms with Gasteiger partial charge in [-0.2, -0.15) is 0 Å². The van der Waals surface area contributed by atoms with E-state index in [-0.39, 0.29) is 12.1 Å². The molecule has 2 aromatic heterocycles. The quantitative estimate of drug-likeness (QED) is 0.377. The van der Waals surface area contributed by atoms with Gasteiger partial charge >= 0.3 is 0 Å². The number of carbonyl (C=O) groups is 1. The Morgan fingerprint density at radius 2 is 1.90 bits per heavy atom. The van der Waals surface area contributed by atoms with Crippen molar-refractivity contribution >= 4 is 56.3 Å². The highest BCUT2D eigenvalue weighted by Crippen LogP contribution is 2.31. The number of amides is 1. The number of nitrogens with zero attached hydrogens (tertiary/aromatic N) is 2. The highest BCUT2D eigenvalue weighted by atomic mass is 35.5. The summed E-state index contributed by atoms with van der Waals surface area (Å²) < 4.78 is 1.30. The maximum Gasteiger partial charge on any atom is 0.263 e. The fourth-order valence-corrected chi connectivity index (χ4v) is 4.52. The smallest absolute Gasteiger partial charge is 0.263 e. The molecule has 0 radical (unpaired) electrons. The van der Waals surface area contributed by atoms with Gasteiger partial charge in [0.05, 0.1) is 22.4 Å². The van der Waals surface area contributed by atoms with Crippen molar-refractivity contribution in [2.45, 2.75) is 26.3 Å². The molecule has 4 aromatic rings. The van der Waals surface area contributed by atoms with Crippen molar-refractivity contribution in [3.63, 3.8) is 0 Å². The Morgan fingerprint density at radius 1 is 1.16 bits per heavy atom. The van der Waals surface area contributed by atoms with Gasteiger partial charge in [-0.05, 0) is 35.2 Å². The molecule has 0 fully saturated rings. The molecule has 158 valence electrons. The van der Waals surface area contributed by atoms with E-state index >= 15 is 0 Å². The van der Waals surface area contributed by atoms with Gasteiger partial charge < -0.3 is 5.32 Å². The number of hydrogen-bond acceptors (Lipinski definition) is 4. The van der Waals surface area contributed by atoms with E-state index in [9.17, 15) is 9.59 Å². The molecule has 1 N–H and O–H groups in total. The zero-order chi connectivity index (χ0) is 22.1. The molecular weight excluding hydrogens is 453 g/mol. The largest absolute Gasteiger partial charge is 0.323 e. The zero-order valence-corrected chi connectivity index (χ0v) is 19.2. The number of thiophene rings is 1. The van der Waals surface area contributed by atoms with E-state index < -0.39 is 5.91 Å². The molecule has 0 saturated heterocycles. The summed E-state index contributed by atoms with van der Waals surface area (Å²) >= 11 is 13.5. The summed E-state index contributed by atoms with van der Waals surface area (Å²) in [6.45, 7) is 4.09. The van der Waals surface area contributed by atoms with E-state index in [1.807, 2.05) is 17.5 Å². The minimum atomic E-state index is -0.398. The van der Waals surface area contributed by atoms with Crippen LogP contribution in [0.5, 0.6) is 0 Å². The number of anilines is 1. The van der Waals surface area contributed by atoms with Crippen molar-refractivity contribution in [3.8, 4) is 11.1 Å². The van der Waals surface area contributed by atoms with Crippen LogP contribution in [0, 0.1) is 0 Å². The van der Waals surface area contributed by atoms with E-state index in [1.54, 1.807) is 18.2 Å². The maximum absolute atomic E-state index is 13.2. The molecule has 0 unspecified atom stereocenters. The van der Waals surface area contributed by atoms with Gasteiger partial charge in [0.1, 0.15) is 11.4 Å². The lowest BCUT2D eigenvalue weighted by Gasteiger charge is -2.10. The maximum atomic E-state index is 13.2. The lowest BCUT2D eigenvalue weighted by molar-refractivity contribution is -0.116. The van der Waals surface area contributed by atoms with Crippen molar-refractivity contribution < 1.29 is 4.79 Å². The second-order valence-electron chi connectivity index (χ2n) is 7.46. The van der Waals surface area contributed by atoms with Crippen molar-refractivity contribution in [3.05, 3.63) is 80.1 Å². The monoisotopic (exact) mass is 471 g/mol. The highest BCUT2D eigenvalue weighted by Gasteiger charge is 2.15. The molecule has 1 amide bonds. The molecule has 0 atom stereocenters. The van der Waals surface area contributed by atoms with Crippen molar-refractivity contribution in [2.24, 2.45) is 0 Å². The molecular formula is C23H19Cl2N3O2S. The van der Waals surface area contributed by atoms with Crippen LogP contribution in [0.2, 0.25) is 10.0 Å². The van der Waals surface area contributed by atoms with Crippen molar-refractivity contribution in [1.29, 1.82) is 0 Å². The standard InChI is InChI=1S/C23H19Cl2N3O2S/c1-13(2)14-3-5-15(6-4-14)17-11-31-22-21(17)23(30)28(12-26-22)10-20(29)27-19-9-16(24)7-8-18(19)25/h3-9,11-13H,10H2,1-2H3,(H,27,29). The molecule has 4 rings (SSSR count). The summed E-state index contributed by atoms with van der Waals surface area (Å²) in [5.74, 6) is 0.0316. The Hall–Kier alpha value is -2.67. The summed E-state index contributed by atoms with van der Waals surface area (Å²) in [7, 11) is 0. The predicted molar refractivity (Wildman–Crippen MR) is 128 cm³/mol. The number of hydrogen-bond donors (Lipinski definition) is 1. The summed E-state index contributed by atoms with van der Waals surface area (Å²) in [5, 5.41) is 5.95. The molecule has 0 aliphatic rings. The summed E-state index contributed by atoms with van der Waals surface area (Å²) in [6.07, 6.45) is 1.39. The van der Waals surface area contributed by atoms with Crippen LogP contribution in [0.15, 0.2) is 59.0 Å². The highest BCUT2D eigenvalue weighted by molar-refractivity contribution is 7.17. The third-order valence-corrected chi connectivity index (χ3v) is 6.42. The Bertz CT molecular complexity index is 1330. The molecule has 8 heteroatoms. The molecule has 2 heterocycles. The normalized spacial score (nSPS) is 11.3. The number of benzene rings is 2. The number of fused-ring (bicyclic) bond motifs is 1. The number of aromatic nitrogens is 2. The topological polar surface area (TPSA) is 64.0 Å². The van der Waals surface area contributed by atoms with Crippen molar-refractivity contribution in [1.82, 2.24) is 9.55 Å². The van der Waals surface area contributed by atoms with E-state index in [0.29, 0.717) is 31.9 Å². The Balaban J connectivity index is 1.65. The average Bonchev–Trinajstić information content (AvgIpc) is 3.18. The van der Waals surface area contributed by atoms with Crippen LogP contribution >= 0.6 is 34.5 Å². The lowest BCUT2D eigenvalue weighted by atomic mass is 9.99. The first-order valence-electron chi connectivity index (χ1n) is 9.65. The van der Waals surface area contributed by atoms with Crippen LogP contribution < -0.4 is 10.9 Å². The minimum Gasteiger partial charge on any atom is -0.323 e. The van der Waals surface area contributed by atoms with E-state index in [0.717, 1.165) is 11.1 Å². The first-order valence-corrected chi connectivity index (χ1v) is 11.3. The first kappa shape index (κ1) is 21.6. The molecule has 0 spiro atoms. The fraction of sp³-hybridized carbons (Fsp3) is 0.174. The van der Waals surface area contributed by atoms with Crippen molar-refractivity contribution in [2.75, 3.05) is 5.32 Å². The number of carbonyl (C=O) groups excluding carboxylic acids is 1. The van der Waals surface area contributed by atoms with Gasteiger partial charge in [-0.1, -0.05) is 61.3 Å². The second kappa shape index (κ2) is 8.83. The summed E-state index contributed by atoms with van der Waals surface area (Å²) in [4.78, 5) is 30.7. The Labute approximate surface area is 193 Å². The molecule has 5 nitrogen and oxygen atoms in total. The van der Waals surface area contributed by atoms with Gasteiger partial charge in [-0.15, -0.1) is 11.3 Å². The Morgan fingerprint density at radius 3 is 2.61 bits per heavy atom. The zero-order valence-electron chi connectivity index (χ0n) is 16.9. The van der Waals surface area contributed by atoms with Gasteiger partial charge in [0, 0.05) is 16.0 Å². The first-order chi connectivity index (χ1) is 14.8. The van der Waals surface area contributed by atoms with Crippen LogP contribution in [-0.2, 0) is 11.3 Å². The molecule has 2 aromatic carbocycles. The van der Waals surface area contributed by atoms with Gasteiger partial charge in [-0.3, -0.25) is 14.2 Å². The molecule has 0 bridgehead atoms. The SMILES string of the molecule is CC(C)c1ccc(-c2csc3ncn(CC(=O)Nc4cc(Cl)ccc4Cl)c(=O)c23)cc1. The summed E-state index contributed by atoms with van der Waals surface area (Å²) in [6, 6.07) is 13.0. The molecule has 0 aliphatic carbocycles. The van der Waals surface area contributed by atoms with Gasteiger partial charge in [-0.25, -0.2) is 4.98 Å². The van der Waals surface area contributed by atoms with Crippen LogP contribution in [-0.4, -0.2) is 15.5 Å². The van der Waals surface area contributed by atoms with Crippen LogP contribution in [0.4, 0.5) is 5.69 Å². The van der Waals surface area contributed by atoms with E-state index in [4.69, 9.17) is 23.2 Å². The third kappa shape index (κ3) is 4.51. The number of nitrogens with one attached hydrogen (secondary N) is 1. The molecule has 0 saturated carbocycles. The second-order valence-corrected chi connectivity index (χ2v) is 9.16. The average molecular weight is 472 g/mol. The van der Waals surface area contributed by atoms with Gasteiger partial charge in [0.25, 0.3) is 5.56 Å². The van der Waals surface area contributed by atoms with Crippen LogP contribution in [0.3, 0.4) is 0 Å². The number of halogens is 2. The minimum absolute atomic E-state index is 0.188. The van der Waals surface area contributed by atoms with E-state index in [1.165, 1.54) is 27.8 Å². The Kier molecular flexibility index (Phi) is 6.14. The van der Waals surface area contributed by atoms with Gasteiger partial charge in [0.2, 0.25) is 5.91 Å². The van der Waals surface area contributed by atoms with Crippen LogP contribution in [0.25, 0.3) is 21.3 Å². The van der Waals surface area contributed by atoms with E-state index in [2.05, 4.69) is 36.3 Å². The van der Waals surface area contributed by atoms with Gasteiger partial charge in [0.15, 0.2) is 0 Å². The van der Waals surface area contributed by atoms with Crippen LogP contribution in [0.1, 0.15) is 25.3 Å². The predicted octanol–water partition coefficient (Wildman–Crippen LogP) is 6.19. The number of rotatable bonds is 5. The fourth-order valence-electron chi connectivity index (χ4n) is 3.28. The summed E-state index contributed by atoms with van der Waals surface area (Å²) in [5.41, 5.74) is 3.13. The third-order valence-electron chi connectivity index (χ3n) is 4.97. The molecule has 0 aliphatic heterocycles. The molecule has 31 heavy (non-hydrogen) atoms. The lowest BCUT2D eigenvalue weighted by Crippen LogP contribution is -2.27.